The van der Waals surface area contributed by atoms with Gasteiger partial charge >= 0.3 is 17.9 Å². The molecule has 4 atom stereocenters. The highest BCUT2D eigenvalue weighted by molar-refractivity contribution is 5.82. The summed E-state index contributed by atoms with van der Waals surface area (Å²) in [4.78, 5) is 38.4. The summed E-state index contributed by atoms with van der Waals surface area (Å²) in [6, 6.07) is -0.283. The van der Waals surface area contributed by atoms with Crippen LogP contribution in [-0.4, -0.2) is 92.9 Å². The molecule has 0 spiro atoms. The van der Waals surface area contributed by atoms with Gasteiger partial charge in [-0.1, -0.05) is 6.08 Å². The third-order valence-corrected chi connectivity index (χ3v) is 5.82. The van der Waals surface area contributed by atoms with Gasteiger partial charge in [-0.05, 0) is 46.6 Å². The lowest BCUT2D eigenvalue weighted by atomic mass is 9.81. The molecule has 32 heavy (non-hydrogen) atoms. The first-order valence-electron chi connectivity index (χ1n) is 10.7. The Hall–Kier alpha value is -2.01. The van der Waals surface area contributed by atoms with Crippen LogP contribution in [0.2, 0.25) is 0 Å². The maximum atomic E-state index is 12.8. The third kappa shape index (κ3) is 5.86. The van der Waals surface area contributed by atoms with Gasteiger partial charge < -0.3 is 29.5 Å². The van der Waals surface area contributed by atoms with Gasteiger partial charge in [0, 0.05) is 20.0 Å². The topological polar surface area (TPSA) is 143 Å². The van der Waals surface area contributed by atoms with Crippen LogP contribution in [0.15, 0.2) is 11.6 Å². The summed E-state index contributed by atoms with van der Waals surface area (Å²) in [6.45, 7) is 9.01. The minimum atomic E-state index is -2.49. The van der Waals surface area contributed by atoms with Crippen LogP contribution in [0.5, 0.6) is 0 Å². The van der Waals surface area contributed by atoms with E-state index in [1.54, 1.807) is 0 Å². The lowest BCUT2D eigenvalue weighted by Crippen LogP contribution is -2.64. The zero-order valence-electron chi connectivity index (χ0n) is 19.6. The lowest BCUT2D eigenvalue weighted by molar-refractivity contribution is -0.219. The molecule has 0 bridgehead atoms. The number of carbonyl (C=O) groups is 3. The van der Waals surface area contributed by atoms with Crippen LogP contribution in [0.4, 0.5) is 0 Å². The van der Waals surface area contributed by atoms with Gasteiger partial charge in [-0.2, -0.15) is 0 Å². The fourth-order valence-corrected chi connectivity index (χ4v) is 4.20. The van der Waals surface area contributed by atoms with Crippen LogP contribution in [0, 0.1) is 0 Å². The van der Waals surface area contributed by atoms with Crippen molar-refractivity contribution in [2.24, 2.45) is 0 Å². The van der Waals surface area contributed by atoms with Crippen LogP contribution in [-0.2, 0) is 28.6 Å². The summed E-state index contributed by atoms with van der Waals surface area (Å²) in [6.07, 6.45) is 0.516. The molecule has 0 saturated carbocycles. The molecule has 182 valence electrons. The van der Waals surface area contributed by atoms with Gasteiger partial charge in [0.2, 0.25) is 5.60 Å². The first-order chi connectivity index (χ1) is 14.6. The molecule has 0 aromatic rings. The largest absolute Gasteiger partial charge is 0.460 e. The van der Waals surface area contributed by atoms with E-state index >= 15 is 0 Å². The van der Waals surface area contributed by atoms with Crippen molar-refractivity contribution in [1.29, 1.82) is 0 Å². The van der Waals surface area contributed by atoms with Crippen LogP contribution >= 0.6 is 0 Å². The normalized spacial score (nSPS) is 24.2. The van der Waals surface area contributed by atoms with E-state index < -0.39 is 46.9 Å². The Morgan fingerprint density at radius 2 is 1.81 bits per heavy atom. The Balaban J connectivity index is 2.07. The van der Waals surface area contributed by atoms with Gasteiger partial charge in [-0.3, -0.25) is 14.5 Å². The molecule has 3 N–H and O–H groups in total. The van der Waals surface area contributed by atoms with Crippen LogP contribution < -0.4 is 0 Å². The number of esters is 3. The Kier molecular flexibility index (Phi) is 7.76. The fourth-order valence-electron chi connectivity index (χ4n) is 4.20. The van der Waals surface area contributed by atoms with Crippen molar-refractivity contribution in [3.05, 3.63) is 11.6 Å². The fraction of sp³-hybridized carbons (Fsp3) is 0.773. The van der Waals surface area contributed by atoms with E-state index in [1.807, 2.05) is 6.08 Å². The van der Waals surface area contributed by atoms with E-state index in [1.165, 1.54) is 34.6 Å². The molecule has 10 heteroatoms. The van der Waals surface area contributed by atoms with Crippen LogP contribution in [0.1, 0.15) is 54.4 Å². The first-order valence-corrected chi connectivity index (χ1v) is 10.7. The Morgan fingerprint density at radius 1 is 1.19 bits per heavy atom. The molecule has 2 rings (SSSR count). The van der Waals surface area contributed by atoms with E-state index in [0.717, 1.165) is 6.92 Å². The third-order valence-electron chi connectivity index (χ3n) is 5.82. The molecule has 2 aliphatic heterocycles. The Morgan fingerprint density at radius 3 is 2.34 bits per heavy atom. The van der Waals surface area contributed by atoms with E-state index in [-0.39, 0.29) is 19.1 Å². The molecule has 0 unspecified atom stereocenters. The molecular formula is C22H35NO9. The van der Waals surface area contributed by atoms with Gasteiger partial charge in [-0.15, -0.1) is 0 Å². The first kappa shape index (κ1) is 26.2. The van der Waals surface area contributed by atoms with Crippen LogP contribution in [0.25, 0.3) is 0 Å². The van der Waals surface area contributed by atoms with Crippen molar-refractivity contribution in [1.82, 2.24) is 4.90 Å². The Bertz CT molecular complexity index is 764. The molecule has 2 heterocycles. The van der Waals surface area contributed by atoms with Crippen molar-refractivity contribution in [2.75, 3.05) is 19.7 Å². The molecule has 0 aliphatic carbocycles. The van der Waals surface area contributed by atoms with E-state index in [0.29, 0.717) is 25.1 Å². The van der Waals surface area contributed by atoms with Crippen molar-refractivity contribution < 1.29 is 43.9 Å². The second-order valence-corrected chi connectivity index (χ2v) is 9.68. The number of carbonyl (C=O) groups excluding carboxylic acids is 3. The van der Waals surface area contributed by atoms with E-state index in [2.05, 4.69) is 4.90 Å². The maximum absolute atomic E-state index is 12.8. The predicted octanol–water partition coefficient (Wildman–Crippen LogP) is 0.0703. The molecule has 0 aromatic heterocycles. The van der Waals surface area contributed by atoms with E-state index in [9.17, 15) is 29.7 Å². The van der Waals surface area contributed by atoms with Gasteiger partial charge in [-0.25, -0.2) is 4.79 Å². The smallest absolute Gasteiger partial charge is 0.345 e. The zero-order chi connectivity index (χ0) is 24.5. The van der Waals surface area contributed by atoms with Crippen molar-refractivity contribution in [3.8, 4) is 0 Å². The molecule has 2 aliphatic rings. The predicted molar refractivity (Wildman–Crippen MR) is 112 cm³/mol. The minimum Gasteiger partial charge on any atom is -0.460 e. The lowest BCUT2D eigenvalue weighted by Gasteiger charge is -2.39. The van der Waals surface area contributed by atoms with Crippen LogP contribution in [0.3, 0.4) is 0 Å². The number of ether oxygens (including phenoxy) is 3. The van der Waals surface area contributed by atoms with Gasteiger partial charge in [0.15, 0.2) is 0 Å². The van der Waals surface area contributed by atoms with Crippen molar-refractivity contribution in [2.45, 2.75) is 89.4 Å². The molecule has 1 saturated heterocycles. The number of rotatable bonds is 9. The molecule has 10 nitrogen and oxygen atoms in total. The molecule has 0 radical (unpaired) electrons. The molecule has 1 fully saturated rings. The number of hydrogen-bond donors (Lipinski definition) is 3. The second kappa shape index (κ2) is 9.46. The summed E-state index contributed by atoms with van der Waals surface area (Å²) in [7, 11) is 0. The van der Waals surface area contributed by atoms with Gasteiger partial charge in [0.25, 0.3) is 0 Å². The maximum Gasteiger partial charge on any atom is 0.345 e. The van der Waals surface area contributed by atoms with E-state index in [4.69, 9.17) is 14.2 Å². The summed E-state index contributed by atoms with van der Waals surface area (Å²) in [5, 5.41) is 31.2. The monoisotopic (exact) mass is 457 g/mol. The summed E-state index contributed by atoms with van der Waals surface area (Å²) < 4.78 is 15.9. The molecular weight excluding hydrogens is 422 g/mol. The number of fused-ring (bicyclic) bond motifs is 1. The van der Waals surface area contributed by atoms with Gasteiger partial charge in [0.1, 0.15) is 24.4 Å². The standard InChI is InChI=1S/C22H35NO9/c1-13(31-14(2)24)22(29,21(5,6)28)19(26)30-12-15-7-9-23-10-8-16(18(15)23)32-17(25)11-20(3,4)27/h7,13,16,18,27-29H,8-12H2,1-6H3/t13-,16+,18+,22+/m0/s1. The summed E-state index contributed by atoms with van der Waals surface area (Å²) in [5.74, 6) is -2.37. The number of aliphatic hydroxyl groups is 3. The minimum absolute atomic E-state index is 0.142. The number of hydrogen-bond acceptors (Lipinski definition) is 10. The molecule has 0 amide bonds. The van der Waals surface area contributed by atoms with Crippen molar-refractivity contribution >= 4 is 17.9 Å². The highest BCUT2D eigenvalue weighted by Gasteiger charge is 2.56. The quantitative estimate of drug-likeness (QED) is 0.247. The Labute approximate surface area is 188 Å². The van der Waals surface area contributed by atoms with Gasteiger partial charge in [0.05, 0.1) is 18.1 Å². The summed E-state index contributed by atoms with van der Waals surface area (Å²) >= 11 is 0. The highest BCUT2D eigenvalue weighted by atomic mass is 16.6. The highest BCUT2D eigenvalue weighted by Crippen LogP contribution is 2.33. The van der Waals surface area contributed by atoms with Crippen molar-refractivity contribution in [3.63, 3.8) is 0 Å². The SMILES string of the molecule is CC(=O)O[C@@H](C)[C@@](O)(C(=O)OCC1=CCN2CC[C@@H](OC(=O)CC(C)(C)O)[C@@H]12)C(C)(C)O. The average molecular weight is 458 g/mol. The second-order valence-electron chi connectivity index (χ2n) is 9.68. The average Bonchev–Trinajstić information content (AvgIpc) is 3.18. The summed E-state index contributed by atoms with van der Waals surface area (Å²) in [5.41, 5.74) is -4.93. The molecule has 0 aromatic carbocycles. The zero-order valence-corrected chi connectivity index (χ0v) is 19.6. The number of nitrogens with zero attached hydrogens (tertiary/aromatic N) is 1.